The molecule has 6 rings (SSSR count). The molecule has 1 aliphatic heterocycles. The van der Waals surface area contributed by atoms with Gasteiger partial charge < -0.3 is 9.30 Å². The third-order valence-electron chi connectivity index (χ3n) is 6.06. The van der Waals surface area contributed by atoms with Crippen LogP contribution in [0.5, 0.6) is 0 Å². The lowest BCUT2D eigenvalue weighted by Gasteiger charge is -2.24. The van der Waals surface area contributed by atoms with E-state index in [1.807, 2.05) is 41.8 Å². The number of benzene rings is 1. The molecular formula is C25H22BrN5O. The highest BCUT2D eigenvalue weighted by atomic mass is 79.9. The summed E-state index contributed by atoms with van der Waals surface area (Å²) in [5.74, 6) is 0.660. The highest BCUT2D eigenvalue weighted by Crippen LogP contribution is 2.37. The number of nitrogens with zero attached hydrogens (tertiary/aromatic N) is 5. The van der Waals surface area contributed by atoms with E-state index in [9.17, 15) is 0 Å². The summed E-state index contributed by atoms with van der Waals surface area (Å²) < 4.78 is 11.4. The number of aromatic nitrogens is 5. The molecule has 1 atom stereocenters. The van der Waals surface area contributed by atoms with Crippen molar-refractivity contribution >= 4 is 32.6 Å². The second-order valence-corrected chi connectivity index (χ2v) is 9.05. The van der Waals surface area contributed by atoms with Crippen molar-refractivity contribution < 1.29 is 4.74 Å². The van der Waals surface area contributed by atoms with Gasteiger partial charge in [-0.15, -0.1) is 0 Å². The number of ether oxygens (including phenoxy) is 1. The van der Waals surface area contributed by atoms with Gasteiger partial charge in [0.1, 0.15) is 11.9 Å². The van der Waals surface area contributed by atoms with Gasteiger partial charge in [0.15, 0.2) is 0 Å². The molecule has 1 unspecified atom stereocenters. The lowest BCUT2D eigenvalue weighted by atomic mass is 10.1. The predicted molar refractivity (Wildman–Crippen MR) is 128 cm³/mol. The molecule has 6 nitrogen and oxygen atoms in total. The van der Waals surface area contributed by atoms with E-state index >= 15 is 0 Å². The second kappa shape index (κ2) is 7.83. The monoisotopic (exact) mass is 487 g/mol. The Kier molecular flexibility index (Phi) is 4.81. The average molecular weight is 488 g/mol. The van der Waals surface area contributed by atoms with Crippen LogP contribution >= 0.6 is 15.9 Å². The van der Waals surface area contributed by atoms with Gasteiger partial charge in [0.25, 0.3) is 0 Å². The topological polar surface area (TPSA) is 57.2 Å². The minimum atomic E-state index is 0.0930. The van der Waals surface area contributed by atoms with Crippen molar-refractivity contribution in [3.05, 3.63) is 71.2 Å². The Balaban J connectivity index is 1.55. The molecule has 1 aliphatic rings. The molecule has 0 N–H and O–H groups in total. The van der Waals surface area contributed by atoms with Crippen LogP contribution in [0.4, 0.5) is 0 Å². The van der Waals surface area contributed by atoms with E-state index in [1.54, 1.807) is 6.20 Å². The van der Waals surface area contributed by atoms with E-state index in [1.165, 1.54) is 6.42 Å². The summed E-state index contributed by atoms with van der Waals surface area (Å²) in [4.78, 5) is 14.0. The molecule has 1 saturated heterocycles. The Morgan fingerprint density at radius 3 is 2.88 bits per heavy atom. The van der Waals surface area contributed by atoms with Crippen LogP contribution in [-0.4, -0.2) is 30.5 Å². The van der Waals surface area contributed by atoms with E-state index in [0.29, 0.717) is 5.78 Å². The molecule has 0 spiro atoms. The largest absolute Gasteiger partial charge is 0.358 e. The van der Waals surface area contributed by atoms with Crippen molar-refractivity contribution in [1.29, 1.82) is 0 Å². The molecule has 1 aromatic carbocycles. The molecule has 1 fully saturated rings. The standard InChI is InChI=1S/C25H22BrN5O/c1-16-6-4-7-20(28-16)23-24(30-12-5-11-27-25(30)29-23)17-9-10-21-18(14-17)19(26)15-31(21)22-8-2-3-13-32-22/h4-7,9-12,14-15,22H,2-3,8,13H2,1H3. The van der Waals surface area contributed by atoms with E-state index in [0.717, 1.165) is 63.2 Å². The summed E-state index contributed by atoms with van der Waals surface area (Å²) in [5, 5.41) is 1.15. The van der Waals surface area contributed by atoms with Crippen molar-refractivity contribution in [3.8, 4) is 22.6 Å². The lowest BCUT2D eigenvalue weighted by Crippen LogP contribution is -2.17. The van der Waals surface area contributed by atoms with Crippen LogP contribution in [0.25, 0.3) is 39.3 Å². The van der Waals surface area contributed by atoms with Crippen LogP contribution in [0.15, 0.2) is 65.5 Å². The van der Waals surface area contributed by atoms with Crippen LogP contribution in [-0.2, 0) is 4.74 Å². The lowest BCUT2D eigenvalue weighted by molar-refractivity contribution is -0.0292. The van der Waals surface area contributed by atoms with Crippen LogP contribution in [0.1, 0.15) is 31.2 Å². The number of rotatable bonds is 3. The van der Waals surface area contributed by atoms with Crippen molar-refractivity contribution in [1.82, 2.24) is 23.9 Å². The van der Waals surface area contributed by atoms with Gasteiger partial charge in [0.2, 0.25) is 5.78 Å². The smallest absolute Gasteiger partial charge is 0.234 e. The zero-order valence-corrected chi connectivity index (χ0v) is 19.3. The fourth-order valence-corrected chi connectivity index (χ4v) is 5.10. The molecule has 0 bridgehead atoms. The molecule has 0 saturated carbocycles. The fourth-order valence-electron chi connectivity index (χ4n) is 4.56. The van der Waals surface area contributed by atoms with Crippen LogP contribution in [0.2, 0.25) is 0 Å². The molecule has 0 aliphatic carbocycles. The number of fused-ring (bicyclic) bond motifs is 2. The molecule has 5 aromatic rings. The first-order valence-corrected chi connectivity index (χ1v) is 11.7. The summed E-state index contributed by atoms with van der Waals surface area (Å²) in [5.41, 5.74) is 5.85. The Bertz CT molecular complexity index is 1450. The van der Waals surface area contributed by atoms with E-state index < -0.39 is 0 Å². The van der Waals surface area contributed by atoms with Gasteiger partial charge in [-0.3, -0.25) is 9.38 Å². The van der Waals surface area contributed by atoms with Crippen LogP contribution in [0, 0.1) is 6.92 Å². The van der Waals surface area contributed by atoms with Crippen molar-refractivity contribution in [2.75, 3.05) is 6.61 Å². The van der Waals surface area contributed by atoms with Gasteiger partial charge in [-0.05, 0) is 72.4 Å². The maximum absolute atomic E-state index is 6.05. The molecular weight excluding hydrogens is 466 g/mol. The van der Waals surface area contributed by atoms with Gasteiger partial charge >= 0.3 is 0 Å². The predicted octanol–water partition coefficient (Wildman–Crippen LogP) is 6.18. The summed E-state index contributed by atoms with van der Waals surface area (Å²) in [7, 11) is 0. The average Bonchev–Trinajstić information content (AvgIpc) is 3.37. The third kappa shape index (κ3) is 3.24. The zero-order chi connectivity index (χ0) is 21.7. The number of pyridine rings is 1. The Hall–Kier alpha value is -3.03. The van der Waals surface area contributed by atoms with Gasteiger partial charge in [0, 0.05) is 46.3 Å². The van der Waals surface area contributed by atoms with Crippen molar-refractivity contribution in [3.63, 3.8) is 0 Å². The zero-order valence-electron chi connectivity index (χ0n) is 17.7. The fraction of sp³-hybridized carbons (Fsp3) is 0.240. The minimum absolute atomic E-state index is 0.0930. The van der Waals surface area contributed by atoms with Gasteiger partial charge in [-0.2, -0.15) is 0 Å². The summed E-state index contributed by atoms with van der Waals surface area (Å²) in [6, 6.07) is 14.5. The molecule has 0 amide bonds. The maximum atomic E-state index is 6.05. The normalized spacial score (nSPS) is 16.8. The number of imidazole rings is 1. The molecule has 160 valence electrons. The first-order chi connectivity index (χ1) is 15.7. The SMILES string of the molecule is Cc1cccc(-c2nc3ncccn3c2-c2ccc3c(c2)c(Br)cn3C2CCCCO2)n1. The number of halogens is 1. The molecule has 7 heteroatoms. The molecule has 32 heavy (non-hydrogen) atoms. The maximum Gasteiger partial charge on any atom is 0.234 e. The number of aryl methyl sites for hydroxylation is 1. The van der Waals surface area contributed by atoms with Crippen molar-refractivity contribution in [2.45, 2.75) is 32.4 Å². The molecule has 4 aromatic heterocycles. The summed E-state index contributed by atoms with van der Waals surface area (Å²) in [6.45, 7) is 2.82. The first-order valence-electron chi connectivity index (χ1n) is 10.9. The third-order valence-corrected chi connectivity index (χ3v) is 6.69. The van der Waals surface area contributed by atoms with Crippen molar-refractivity contribution in [2.24, 2.45) is 0 Å². The molecule has 5 heterocycles. The second-order valence-electron chi connectivity index (χ2n) is 8.20. The van der Waals surface area contributed by atoms with E-state index in [-0.39, 0.29) is 6.23 Å². The summed E-state index contributed by atoms with van der Waals surface area (Å²) in [6.07, 6.45) is 9.38. The highest BCUT2D eigenvalue weighted by molar-refractivity contribution is 9.10. The van der Waals surface area contributed by atoms with Gasteiger partial charge in [-0.25, -0.2) is 9.97 Å². The van der Waals surface area contributed by atoms with Gasteiger partial charge in [0.05, 0.1) is 16.9 Å². The van der Waals surface area contributed by atoms with Crippen LogP contribution < -0.4 is 0 Å². The number of hydrogen-bond donors (Lipinski definition) is 0. The van der Waals surface area contributed by atoms with E-state index in [2.05, 4.69) is 49.9 Å². The summed E-state index contributed by atoms with van der Waals surface area (Å²) >= 11 is 3.78. The van der Waals surface area contributed by atoms with E-state index in [4.69, 9.17) is 14.7 Å². The first kappa shape index (κ1) is 19.6. The quantitative estimate of drug-likeness (QED) is 0.304. The Morgan fingerprint density at radius 2 is 2.03 bits per heavy atom. The van der Waals surface area contributed by atoms with Gasteiger partial charge in [-0.1, -0.05) is 12.1 Å². The Morgan fingerprint density at radius 1 is 1.09 bits per heavy atom. The minimum Gasteiger partial charge on any atom is -0.358 e. The highest BCUT2D eigenvalue weighted by Gasteiger charge is 2.22. The number of hydrogen-bond acceptors (Lipinski definition) is 4. The molecule has 0 radical (unpaired) electrons. The Labute approximate surface area is 194 Å². The van der Waals surface area contributed by atoms with Crippen LogP contribution in [0.3, 0.4) is 0 Å².